The van der Waals surface area contributed by atoms with Crippen molar-refractivity contribution in [2.45, 2.75) is 49.1 Å². The molecule has 1 fully saturated rings. The maximum Gasteiger partial charge on any atom is 0.0724 e. The lowest BCUT2D eigenvalue weighted by molar-refractivity contribution is 0.700. The van der Waals surface area contributed by atoms with Crippen molar-refractivity contribution in [1.82, 2.24) is 0 Å². The van der Waals surface area contributed by atoms with Gasteiger partial charge in [-0.3, -0.25) is 0 Å². The Morgan fingerprint density at radius 3 is 2.57 bits per heavy atom. The second kappa shape index (κ2) is 7.45. The first-order chi connectivity index (χ1) is 6.77. The molecule has 0 atom stereocenters. The molecule has 1 rings (SSSR count). The van der Waals surface area contributed by atoms with Crippen LogP contribution in [0.4, 0.5) is 0 Å². The highest BCUT2D eigenvalue weighted by Gasteiger charge is 2.28. The van der Waals surface area contributed by atoms with Crippen LogP contribution in [0.5, 0.6) is 0 Å². The molecule has 0 spiro atoms. The summed E-state index contributed by atoms with van der Waals surface area (Å²) in [4.78, 5) is 0. The van der Waals surface area contributed by atoms with Crippen LogP contribution in [-0.4, -0.2) is 20.9 Å². The van der Waals surface area contributed by atoms with Crippen molar-refractivity contribution in [3.63, 3.8) is 0 Å². The summed E-state index contributed by atoms with van der Waals surface area (Å²) in [7, 11) is 0. The van der Waals surface area contributed by atoms with Crippen molar-refractivity contribution in [3.8, 4) is 0 Å². The summed E-state index contributed by atoms with van der Waals surface area (Å²) in [5.74, 6) is 4.02. The molecule has 1 heterocycles. The Kier molecular flexibility index (Phi) is 7.05. The van der Waals surface area contributed by atoms with Gasteiger partial charge >= 0.3 is 0 Å². The molecule has 0 saturated carbocycles. The lowest BCUT2D eigenvalue weighted by atomic mass is 10.2. The standard InChI is InChI=1S/C11H21BrS2/c1-2-3-4-5-8-14-11(12)6-9-13-10-7-11/h2-10H2,1H3. The monoisotopic (exact) mass is 296 g/mol. The van der Waals surface area contributed by atoms with E-state index < -0.39 is 0 Å². The topological polar surface area (TPSA) is 0 Å². The molecule has 0 nitrogen and oxygen atoms in total. The van der Waals surface area contributed by atoms with E-state index >= 15 is 0 Å². The molecule has 84 valence electrons. The van der Waals surface area contributed by atoms with Crippen molar-refractivity contribution in [2.24, 2.45) is 0 Å². The Balaban J connectivity index is 2.03. The van der Waals surface area contributed by atoms with Crippen LogP contribution in [-0.2, 0) is 0 Å². The Bertz CT molecular complexity index is 144. The minimum Gasteiger partial charge on any atom is -0.162 e. The van der Waals surface area contributed by atoms with Crippen LogP contribution in [0, 0.1) is 0 Å². The summed E-state index contributed by atoms with van der Waals surface area (Å²) in [6, 6.07) is 0. The number of rotatable bonds is 6. The van der Waals surface area contributed by atoms with Gasteiger partial charge < -0.3 is 0 Å². The molecule has 0 aliphatic carbocycles. The molecular weight excluding hydrogens is 276 g/mol. The summed E-state index contributed by atoms with van der Waals surface area (Å²) in [5, 5.41) is 0. The van der Waals surface area contributed by atoms with Gasteiger partial charge in [0.2, 0.25) is 0 Å². The fourth-order valence-electron chi connectivity index (χ4n) is 1.60. The maximum atomic E-state index is 3.91. The molecule has 14 heavy (non-hydrogen) atoms. The minimum absolute atomic E-state index is 0.435. The van der Waals surface area contributed by atoms with E-state index in [1.807, 2.05) is 0 Å². The van der Waals surface area contributed by atoms with Crippen LogP contribution in [0.1, 0.15) is 45.4 Å². The first kappa shape index (κ1) is 13.2. The zero-order valence-corrected chi connectivity index (χ0v) is 12.3. The van der Waals surface area contributed by atoms with E-state index in [2.05, 4.69) is 46.4 Å². The van der Waals surface area contributed by atoms with Gasteiger partial charge in [0, 0.05) is 0 Å². The largest absolute Gasteiger partial charge is 0.162 e. The predicted molar refractivity (Wildman–Crippen MR) is 74.8 cm³/mol. The van der Waals surface area contributed by atoms with E-state index in [1.165, 1.54) is 55.8 Å². The van der Waals surface area contributed by atoms with Crippen LogP contribution in [0.15, 0.2) is 0 Å². The zero-order valence-electron chi connectivity index (χ0n) is 9.06. The van der Waals surface area contributed by atoms with Crippen LogP contribution in [0.2, 0.25) is 0 Å². The molecule has 3 heteroatoms. The van der Waals surface area contributed by atoms with Gasteiger partial charge in [0.05, 0.1) is 3.66 Å². The third-order valence-electron chi connectivity index (χ3n) is 2.60. The SMILES string of the molecule is CCCCCCSC1(Br)CCSCC1. The molecule has 0 bridgehead atoms. The Labute approximate surface area is 105 Å². The van der Waals surface area contributed by atoms with Gasteiger partial charge in [0.1, 0.15) is 0 Å². The Hall–Kier alpha value is 1.18. The van der Waals surface area contributed by atoms with Crippen LogP contribution >= 0.6 is 39.5 Å². The highest BCUT2D eigenvalue weighted by Crippen LogP contribution is 2.44. The maximum absolute atomic E-state index is 3.91. The van der Waals surface area contributed by atoms with Crippen LogP contribution < -0.4 is 0 Å². The lowest BCUT2D eigenvalue weighted by Crippen LogP contribution is -2.22. The number of hydrogen-bond donors (Lipinski definition) is 0. The first-order valence-electron chi connectivity index (χ1n) is 5.67. The van der Waals surface area contributed by atoms with Gasteiger partial charge in [-0.1, -0.05) is 42.1 Å². The Morgan fingerprint density at radius 2 is 1.93 bits per heavy atom. The number of halogens is 1. The number of alkyl halides is 1. The van der Waals surface area contributed by atoms with Crippen molar-refractivity contribution in [1.29, 1.82) is 0 Å². The average molecular weight is 297 g/mol. The second-order valence-corrected chi connectivity index (χ2v) is 8.65. The molecule has 0 radical (unpaired) electrons. The minimum atomic E-state index is 0.435. The number of unbranched alkanes of at least 4 members (excludes halogenated alkanes) is 3. The fraction of sp³-hybridized carbons (Fsp3) is 1.00. The van der Waals surface area contributed by atoms with Crippen molar-refractivity contribution in [3.05, 3.63) is 0 Å². The summed E-state index contributed by atoms with van der Waals surface area (Å²) >= 11 is 8.17. The zero-order chi connectivity index (χ0) is 10.3. The highest BCUT2D eigenvalue weighted by atomic mass is 79.9. The molecule has 1 aliphatic heterocycles. The highest BCUT2D eigenvalue weighted by molar-refractivity contribution is 9.11. The van der Waals surface area contributed by atoms with Gasteiger partial charge in [-0.2, -0.15) is 11.8 Å². The second-order valence-electron chi connectivity index (χ2n) is 3.90. The molecule has 1 aliphatic rings. The number of thioether (sulfide) groups is 2. The predicted octanol–water partition coefficient (Wildman–Crippen LogP) is 4.92. The number of hydrogen-bond acceptors (Lipinski definition) is 2. The van der Waals surface area contributed by atoms with Gasteiger partial charge in [-0.25, -0.2) is 0 Å². The molecule has 0 aromatic rings. The quantitative estimate of drug-likeness (QED) is 0.504. The van der Waals surface area contributed by atoms with Crippen LogP contribution in [0.25, 0.3) is 0 Å². The fourth-order valence-corrected chi connectivity index (χ4v) is 5.67. The van der Waals surface area contributed by atoms with Gasteiger partial charge in [0.15, 0.2) is 0 Å². The van der Waals surface area contributed by atoms with Gasteiger partial charge in [-0.05, 0) is 36.5 Å². The molecule has 1 saturated heterocycles. The third-order valence-corrected chi connectivity index (χ3v) is 6.48. The van der Waals surface area contributed by atoms with E-state index in [0.29, 0.717) is 3.66 Å². The third kappa shape index (κ3) is 5.32. The first-order valence-corrected chi connectivity index (χ1v) is 8.61. The van der Waals surface area contributed by atoms with Gasteiger partial charge in [0.25, 0.3) is 0 Å². The molecule has 0 aromatic heterocycles. The van der Waals surface area contributed by atoms with E-state index in [1.54, 1.807) is 0 Å². The van der Waals surface area contributed by atoms with Crippen molar-refractivity contribution >= 4 is 39.5 Å². The van der Waals surface area contributed by atoms with Gasteiger partial charge in [-0.15, -0.1) is 11.8 Å². The normalized spacial score (nSPS) is 21.0. The summed E-state index contributed by atoms with van der Waals surface area (Å²) in [5.41, 5.74) is 0. The smallest absolute Gasteiger partial charge is 0.0724 e. The molecule has 0 amide bonds. The lowest BCUT2D eigenvalue weighted by Gasteiger charge is -2.30. The van der Waals surface area contributed by atoms with Crippen molar-refractivity contribution in [2.75, 3.05) is 17.3 Å². The Morgan fingerprint density at radius 1 is 1.21 bits per heavy atom. The van der Waals surface area contributed by atoms with Crippen molar-refractivity contribution < 1.29 is 0 Å². The average Bonchev–Trinajstić information content (AvgIpc) is 2.18. The van der Waals surface area contributed by atoms with E-state index in [4.69, 9.17) is 0 Å². The van der Waals surface area contributed by atoms with Crippen LogP contribution in [0.3, 0.4) is 0 Å². The molecule has 0 aromatic carbocycles. The summed E-state index contributed by atoms with van der Waals surface area (Å²) in [6.45, 7) is 2.28. The van der Waals surface area contributed by atoms with E-state index in [0.717, 1.165) is 0 Å². The molecular formula is C11H21BrS2. The van der Waals surface area contributed by atoms with E-state index in [-0.39, 0.29) is 0 Å². The molecule has 0 unspecified atom stereocenters. The molecule has 0 N–H and O–H groups in total. The summed E-state index contributed by atoms with van der Waals surface area (Å²) < 4.78 is 0.435. The van der Waals surface area contributed by atoms with E-state index in [9.17, 15) is 0 Å². The summed E-state index contributed by atoms with van der Waals surface area (Å²) in [6.07, 6.45) is 8.26.